The van der Waals surface area contributed by atoms with Crippen molar-refractivity contribution < 1.29 is 4.52 Å². The number of hydrogen-bond acceptors (Lipinski definition) is 5. The molecule has 0 N–H and O–H groups in total. The second-order valence-corrected chi connectivity index (χ2v) is 2.80. The van der Waals surface area contributed by atoms with Crippen LogP contribution in [-0.2, 0) is 6.54 Å². The average Bonchev–Trinajstić information content (AvgIpc) is 2.64. The molecule has 2 heterocycles. The first kappa shape index (κ1) is 8.18. The van der Waals surface area contributed by atoms with E-state index in [0.717, 1.165) is 0 Å². The number of rotatable bonds is 2. The van der Waals surface area contributed by atoms with Gasteiger partial charge in [0.1, 0.15) is 6.33 Å². The molecule has 0 amide bonds. The van der Waals surface area contributed by atoms with Gasteiger partial charge in [0.2, 0.25) is 11.2 Å². The topological polar surface area (TPSA) is 69.6 Å². The quantitative estimate of drug-likeness (QED) is 0.711. The van der Waals surface area contributed by atoms with Gasteiger partial charge in [0, 0.05) is 6.92 Å². The monoisotopic (exact) mass is 199 g/mol. The highest BCUT2D eigenvalue weighted by molar-refractivity contribution is 6.28. The van der Waals surface area contributed by atoms with E-state index in [4.69, 9.17) is 16.1 Å². The van der Waals surface area contributed by atoms with Gasteiger partial charge in [0.15, 0.2) is 5.82 Å². The Hall–Kier alpha value is -1.43. The third-order valence-electron chi connectivity index (χ3n) is 1.45. The van der Waals surface area contributed by atoms with Crippen LogP contribution in [0.4, 0.5) is 0 Å². The maximum atomic E-state index is 5.70. The molecule has 0 bridgehead atoms. The lowest BCUT2D eigenvalue weighted by molar-refractivity contribution is 0.386. The van der Waals surface area contributed by atoms with Gasteiger partial charge in [-0.25, -0.2) is 0 Å². The van der Waals surface area contributed by atoms with Gasteiger partial charge in [0.25, 0.3) is 0 Å². The Balaban J connectivity index is 2.19. The Morgan fingerprint density at radius 3 is 3.00 bits per heavy atom. The number of aryl methyl sites for hydroxylation is 1. The van der Waals surface area contributed by atoms with Gasteiger partial charge in [-0.3, -0.25) is 4.57 Å². The van der Waals surface area contributed by atoms with Crippen molar-refractivity contribution in [3.05, 3.63) is 23.3 Å². The maximum Gasteiger partial charge on any atom is 0.225 e. The largest absolute Gasteiger partial charge is 0.340 e. The highest BCUT2D eigenvalue weighted by atomic mass is 35.5. The highest BCUT2D eigenvalue weighted by Crippen LogP contribution is 2.05. The molecule has 0 aliphatic carbocycles. The van der Waals surface area contributed by atoms with Gasteiger partial charge in [0.05, 0.1) is 6.54 Å². The summed E-state index contributed by atoms with van der Waals surface area (Å²) in [5.74, 6) is 1.08. The molecule has 0 radical (unpaired) electrons. The Morgan fingerprint density at radius 1 is 1.62 bits per heavy atom. The zero-order valence-corrected chi connectivity index (χ0v) is 7.56. The van der Waals surface area contributed by atoms with Crippen LogP contribution >= 0.6 is 11.6 Å². The van der Waals surface area contributed by atoms with Crippen molar-refractivity contribution in [3.63, 3.8) is 0 Å². The molecule has 2 rings (SSSR count). The van der Waals surface area contributed by atoms with Crippen LogP contribution in [0.3, 0.4) is 0 Å². The lowest BCUT2D eigenvalue weighted by atomic mass is 10.6. The lowest BCUT2D eigenvalue weighted by Gasteiger charge is -1.95. The van der Waals surface area contributed by atoms with E-state index in [1.807, 2.05) is 0 Å². The van der Waals surface area contributed by atoms with Crippen molar-refractivity contribution >= 4 is 11.6 Å². The molecule has 2 aromatic heterocycles. The summed E-state index contributed by atoms with van der Waals surface area (Å²) >= 11 is 5.70. The van der Waals surface area contributed by atoms with E-state index >= 15 is 0 Å². The molecule has 0 aliphatic heterocycles. The predicted octanol–water partition coefficient (Wildman–Crippen LogP) is 0.671. The minimum absolute atomic E-state index is 0.308. The normalized spacial score (nSPS) is 10.6. The molecular formula is C6H6ClN5O. The van der Waals surface area contributed by atoms with E-state index in [9.17, 15) is 0 Å². The minimum atomic E-state index is 0.308. The maximum absolute atomic E-state index is 5.70. The van der Waals surface area contributed by atoms with Crippen LogP contribution in [0, 0.1) is 6.92 Å². The van der Waals surface area contributed by atoms with Gasteiger partial charge in [-0.2, -0.15) is 4.98 Å². The second kappa shape index (κ2) is 3.14. The molecule has 0 unspecified atom stereocenters. The van der Waals surface area contributed by atoms with Crippen molar-refractivity contribution in [1.29, 1.82) is 0 Å². The fourth-order valence-electron chi connectivity index (χ4n) is 0.905. The third kappa shape index (κ3) is 1.67. The summed E-state index contributed by atoms with van der Waals surface area (Å²) in [7, 11) is 0. The van der Waals surface area contributed by atoms with E-state index in [0.29, 0.717) is 23.5 Å². The first-order chi connectivity index (χ1) is 6.25. The third-order valence-corrected chi connectivity index (χ3v) is 1.74. The molecule has 0 atom stereocenters. The van der Waals surface area contributed by atoms with Gasteiger partial charge < -0.3 is 4.52 Å². The van der Waals surface area contributed by atoms with Crippen LogP contribution in [0.1, 0.15) is 11.7 Å². The Morgan fingerprint density at radius 2 is 2.46 bits per heavy atom. The van der Waals surface area contributed by atoms with Crippen LogP contribution in [-0.4, -0.2) is 24.9 Å². The predicted molar refractivity (Wildman–Crippen MR) is 43.2 cm³/mol. The molecule has 0 spiro atoms. The van der Waals surface area contributed by atoms with Crippen molar-refractivity contribution in [3.8, 4) is 0 Å². The van der Waals surface area contributed by atoms with Crippen molar-refractivity contribution in [2.24, 2.45) is 0 Å². The molecule has 68 valence electrons. The molecule has 0 aromatic carbocycles. The summed E-state index contributed by atoms with van der Waals surface area (Å²) in [6.07, 6.45) is 1.51. The van der Waals surface area contributed by atoms with E-state index in [-0.39, 0.29) is 0 Å². The Bertz CT molecular complexity index is 409. The van der Waals surface area contributed by atoms with Crippen LogP contribution in [0.2, 0.25) is 5.28 Å². The SMILES string of the molecule is Cc1nc(Cn2cnnc2Cl)no1. The fraction of sp³-hybridized carbons (Fsp3) is 0.333. The van der Waals surface area contributed by atoms with Crippen LogP contribution in [0.15, 0.2) is 10.9 Å². The van der Waals surface area contributed by atoms with Gasteiger partial charge >= 0.3 is 0 Å². The number of hydrogen-bond donors (Lipinski definition) is 0. The van der Waals surface area contributed by atoms with E-state index in [1.165, 1.54) is 6.33 Å². The molecule has 13 heavy (non-hydrogen) atoms. The van der Waals surface area contributed by atoms with E-state index in [1.54, 1.807) is 11.5 Å². The molecular weight excluding hydrogens is 194 g/mol. The number of halogens is 1. The highest BCUT2D eigenvalue weighted by Gasteiger charge is 2.06. The molecule has 7 heteroatoms. The van der Waals surface area contributed by atoms with Crippen LogP contribution in [0.25, 0.3) is 0 Å². The molecule has 0 saturated heterocycles. The zero-order chi connectivity index (χ0) is 9.26. The smallest absolute Gasteiger partial charge is 0.225 e. The van der Waals surface area contributed by atoms with Crippen molar-refractivity contribution in [2.45, 2.75) is 13.5 Å². The average molecular weight is 200 g/mol. The molecule has 0 aliphatic rings. The number of aromatic nitrogens is 5. The lowest BCUT2D eigenvalue weighted by Crippen LogP contribution is -2.00. The minimum Gasteiger partial charge on any atom is -0.340 e. The molecule has 6 nitrogen and oxygen atoms in total. The zero-order valence-electron chi connectivity index (χ0n) is 6.81. The summed E-state index contributed by atoms with van der Waals surface area (Å²) < 4.78 is 6.41. The van der Waals surface area contributed by atoms with Crippen molar-refractivity contribution in [1.82, 2.24) is 24.9 Å². The van der Waals surface area contributed by atoms with E-state index in [2.05, 4.69) is 20.3 Å². The van der Waals surface area contributed by atoms with Crippen molar-refractivity contribution in [2.75, 3.05) is 0 Å². The first-order valence-electron chi connectivity index (χ1n) is 3.58. The van der Waals surface area contributed by atoms with E-state index < -0.39 is 0 Å². The second-order valence-electron chi connectivity index (χ2n) is 2.46. The first-order valence-corrected chi connectivity index (χ1v) is 3.96. The molecule has 2 aromatic rings. The Labute approximate surface area is 78.5 Å². The van der Waals surface area contributed by atoms with Gasteiger partial charge in [-0.15, -0.1) is 10.2 Å². The van der Waals surface area contributed by atoms with Crippen LogP contribution in [0.5, 0.6) is 0 Å². The molecule has 0 fully saturated rings. The Kier molecular flexibility index (Phi) is 1.97. The summed E-state index contributed by atoms with van der Waals surface area (Å²) in [5, 5.41) is 11.2. The summed E-state index contributed by atoms with van der Waals surface area (Å²) in [6.45, 7) is 2.15. The van der Waals surface area contributed by atoms with Gasteiger partial charge in [-0.05, 0) is 11.6 Å². The molecule has 0 saturated carbocycles. The summed E-state index contributed by atoms with van der Waals surface area (Å²) in [4.78, 5) is 4.01. The fourth-order valence-corrected chi connectivity index (χ4v) is 1.05. The summed E-state index contributed by atoms with van der Waals surface area (Å²) in [5.41, 5.74) is 0. The van der Waals surface area contributed by atoms with Crippen LogP contribution < -0.4 is 0 Å². The summed E-state index contributed by atoms with van der Waals surface area (Å²) in [6, 6.07) is 0. The standard InChI is InChI=1S/C6H6ClN5O/c1-4-9-5(11-13-4)2-12-3-8-10-6(12)7/h3H,2H2,1H3. The van der Waals surface area contributed by atoms with Gasteiger partial charge in [-0.1, -0.05) is 5.16 Å². The number of nitrogens with zero attached hydrogens (tertiary/aromatic N) is 5.